The van der Waals surface area contributed by atoms with Gasteiger partial charge < -0.3 is 9.72 Å². The second-order valence-electron chi connectivity index (χ2n) is 5.38. The molecular weight excluding hydrogens is 351 g/mol. The summed E-state index contributed by atoms with van der Waals surface area (Å²) in [4.78, 5) is 17.0. The van der Waals surface area contributed by atoms with E-state index in [1.165, 1.54) is 0 Å². The summed E-state index contributed by atoms with van der Waals surface area (Å²) in [5.74, 6) is -1.49. The maximum atomic E-state index is 12.4. The zero-order valence-electron chi connectivity index (χ0n) is 13.2. The Labute approximate surface area is 146 Å². The van der Waals surface area contributed by atoms with E-state index >= 15 is 0 Å². The van der Waals surface area contributed by atoms with Crippen LogP contribution >= 0.6 is 11.8 Å². The monoisotopic (exact) mass is 365 g/mol. The average molecular weight is 365 g/mol. The van der Waals surface area contributed by atoms with Crippen LogP contribution in [0.15, 0.2) is 53.6 Å². The molecule has 0 unspecified atom stereocenters. The van der Waals surface area contributed by atoms with Gasteiger partial charge in [0.2, 0.25) is 0 Å². The first-order chi connectivity index (χ1) is 11.8. The minimum Gasteiger partial charge on any atom is -0.320 e. The van der Waals surface area contributed by atoms with E-state index < -0.39 is 17.8 Å². The van der Waals surface area contributed by atoms with Crippen LogP contribution in [0.3, 0.4) is 0 Å². The van der Waals surface area contributed by atoms with Crippen LogP contribution in [0, 0.1) is 6.92 Å². The molecule has 2 heterocycles. The standard InChI is InChI=1S/C17H14F3N3OS/c1-11-5-4-8-15-21-13(9-23(11)15)16(24)22-12-6-2-3-7-14(12)25-10-17(18,19)20/h2-9H,10H2,1H3,(H,22,24). The van der Waals surface area contributed by atoms with Crippen molar-refractivity contribution in [3.05, 3.63) is 60.0 Å². The van der Waals surface area contributed by atoms with Crippen molar-refractivity contribution in [2.45, 2.75) is 18.0 Å². The number of amides is 1. The molecule has 0 saturated heterocycles. The number of hydrogen-bond donors (Lipinski definition) is 1. The molecule has 1 amide bonds. The summed E-state index contributed by atoms with van der Waals surface area (Å²) >= 11 is 0.633. The third-order valence-corrected chi connectivity index (χ3v) is 4.59. The van der Waals surface area contributed by atoms with Crippen molar-refractivity contribution >= 4 is 29.0 Å². The molecule has 0 bridgehead atoms. The highest BCUT2D eigenvalue weighted by Crippen LogP contribution is 2.32. The van der Waals surface area contributed by atoms with E-state index in [9.17, 15) is 18.0 Å². The minimum absolute atomic E-state index is 0.199. The van der Waals surface area contributed by atoms with Crippen LogP contribution in [0.1, 0.15) is 16.2 Å². The number of pyridine rings is 1. The summed E-state index contributed by atoms with van der Waals surface area (Å²) in [6.45, 7) is 1.89. The van der Waals surface area contributed by atoms with Crippen molar-refractivity contribution in [3.8, 4) is 0 Å². The van der Waals surface area contributed by atoms with E-state index in [1.54, 1.807) is 40.9 Å². The highest BCUT2D eigenvalue weighted by atomic mass is 32.2. The Balaban J connectivity index is 1.81. The summed E-state index contributed by atoms with van der Waals surface area (Å²) in [5.41, 5.74) is 2.08. The quantitative estimate of drug-likeness (QED) is 0.690. The Morgan fingerprint density at radius 2 is 1.96 bits per heavy atom. The third kappa shape index (κ3) is 4.14. The Hall–Kier alpha value is -2.48. The molecule has 8 heteroatoms. The van der Waals surface area contributed by atoms with Gasteiger partial charge in [-0.15, -0.1) is 11.8 Å². The highest BCUT2D eigenvalue weighted by molar-refractivity contribution is 7.99. The smallest absolute Gasteiger partial charge is 0.320 e. The number of fused-ring (bicyclic) bond motifs is 1. The number of carbonyl (C=O) groups excluding carboxylic acids is 1. The molecular formula is C17H14F3N3OS. The van der Waals surface area contributed by atoms with Crippen LogP contribution in [0.5, 0.6) is 0 Å². The van der Waals surface area contributed by atoms with Gasteiger partial charge in [0.1, 0.15) is 11.3 Å². The number of carbonyl (C=O) groups is 1. The third-order valence-electron chi connectivity index (χ3n) is 3.46. The molecule has 0 fully saturated rings. The van der Waals surface area contributed by atoms with Crippen molar-refractivity contribution in [3.63, 3.8) is 0 Å². The Morgan fingerprint density at radius 3 is 2.68 bits per heavy atom. The molecule has 130 valence electrons. The number of aromatic nitrogens is 2. The van der Waals surface area contributed by atoms with E-state index in [-0.39, 0.29) is 5.69 Å². The van der Waals surface area contributed by atoms with Gasteiger partial charge in [0.05, 0.1) is 11.4 Å². The number of imidazole rings is 1. The lowest BCUT2D eigenvalue weighted by Crippen LogP contribution is -2.14. The van der Waals surface area contributed by atoms with Gasteiger partial charge in [0.15, 0.2) is 0 Å². The van der Waals surface area contributed by atoms with E-state index in [4.69, 9.17) is 0 Å². The van der Waals surface area contributed by atoms with Gasteiger partial charge in [-0.2, -0.15) is 13.2 Å². The van der Waals surface area contributed by atoms with Crippen LogP contribution in [-0.4, -0.2) is 27.2 Å². The summed E-state index contributed by atoms with van der Waals surface area (Å²) in [6, 6.07) is 11.9. The van der Waals surface area contributed by atoms with Crippen molar-refractivity contribution in [2.75, 3.05) is 11.1 Å². The molecule has 2 aromatic heterocycles. The van der Waals surface area contributed by atoms with Gasteiger partial charge in [-0.05, 0) is 31.2 Å². The predicted octanol–water partition coefficient (Wildman–Crippen LogP) is 4.55. The van der Waals surface area contributed by atoms with Crippen molar-refractivity contribution in [1.29, 1.82) is 0 Å². The minimum atomic E-state index is -4.28. The first-order valence-corrected chi connectivity index (χ1v) is 8.37. The van der Waals surface area contributed by atoms with Crippen LogP contribution < -0.4 is 5.32 Å². The van der Waals surface area contributed by atoms with Crippen molar-refractivity contribution < 1.29 is 18.0 Å². The molecule has 0 aliphatic heterocycles. The van der Waals surface area contributed by atoms with Crippen LogP contribution in [0.2, 0.25) is 0 Å². The largest absolute Gasteiger partial charge is 0.398 e. The maximum absolute atomic E-state index is 12.4. The summed E-state index contributed by atoms with van der Waals surface area (Å²) < 4.78 is 39.1. The molecule has 0 atom stereocenters. The Morgan fingerprint density at radius 1 is 1.20 bits per heavy atom. The highest BCUT2D eigenvalue weighted by Gasteiger charge is 2.27. The molecule has 4 nitrogen and oxygen atoms in total. The normalized spacial score (nSPS) is 11.7. The van der Waals surface area contributed by atoms with Gasteiger partial charge in [0.25, 0.3) is 5.91 Å². The predicted molar refractivity (Wildman–Crippen MR) is 91.1 cm³/mol. The van der Waals surface area contributed by atoms with E-state index in [0.29, 0.717) is 28.0 Å². The molecule has 1 N–H and O–H groups in total. The lowest BCUT2D eigenvalue weighted by Gasteiger charge is -2.11. The number of nitrogens with zero attached hydrogens (tertiary/aromatic N) is 2. The number of hydrogen-bond acceptors (Lipinski definition) is 3. The molecule has 0 aliphatic rings. The number of nitrogens with one attached hydrogen (secondary N) is 1. The van der Waals surface area contributed by atoms with Crippen LogP contribution in [0.25, 0.3) is 5.65 Å². The fourth-order valence-corrected chi connectivity index (χ4v) is 3.07. The number of para-hydroxylation sites is 1. The zero-order chi connectivity index (χ0) is 18.0. The van der Waals surface area contributed by atoms with Gasteiger partial charge in [0, 0.05) is 16.8 Å². The van der Waals surface area contributed by atoms with Gasteiger partial charge >= 0.3 is 6.18 Å². The fraction of sp³-hybridized carbons (Fsp3) is 0.176. The second kappa shape index (κ2) is 6.79. The molecule has 0 radical (unpaired) electrons. The molecule has 0 aliphatic carbocycles. The maximum Gasteiger partial charge on any atom is 0.398 e. The number of rotatable bonds is 4. The SMILES string of the molecule is Cc1cccc2nc(C(=O)Nc3ccccc3SCC(F)(F)F)cn12. The lowest BCUT2D eigenvalue weighted by atomic mass is 10.3. The number of halogens is 3. The number of thioether (sulfide) groups is 1. The summed E-state index contributed by atoms with van der Waals surface area (Å²) in [5, 5.41) is 2.64. The van der Waals surface area contributed by atoms with Crippen molar-refractivity contribution in [1.82, 2.24) is 9.38 Å². The van der Waals surface area contributed by atoms with Crippen molar-refractivity contribution in [2.24, 2.45) is 0 Å². The van der Waals surface area contributed by atoms with Crippen LogP contribution in [-0.2, 0) is 0 Å². The number of aryl methyl sites for hydroxylation is 1. The molecule has 0 saturated carbocycles. The number of anilines is 1. The van der Waals surface area contributed by atoms with Gasteiger partial charge in [-0.25, -0.2) is 4.98 Å². The van der Waals surface area contributed by atoms with E-state index in [0.717, 1.165) is 5.69 Å². The lowest BCUT2D eigenvalue weighted by molar-refractivity contribution is -0.105. The van der Waals surface area contributed by atoms with Crippen LogP contribution in [0.4, 0.5) is 18.9 Å². The van der Waals surface area contributed by atoms with Gasteiger partial charge in [-0.1, -0.05) is 18.2 Å². The summed E-state index contributed by atoms with van der Waals surface area (Å²) in [6.07, 6.45) is -2.67. The fourth-order valence-electron chi connectivity index (χ4n) is 2.30. The number of benzene rings is 1. The van der Waals surface area contributed by atoms with Gasteiger partial charge in [-0.3, -0.25) is 4.79 Å². The molecule has 25 heavy (non-hydrogen) atoms. The Bertz CT molecular complexity index is 921. The molecule has 0 spiro atoms. The Kier molecular flexibility index (Phi) is 4.71. The second-order valence-corrected chi connectivity index (χ2v) is 6.39. The molecule has 3 aromatic rings. The first kappa shape index (κ1) is 17.3. The van der Waals surface area contributed by atoms with E-state index in [1.807, 2.05) is 19.1 Å². The molecule has 1 aromatic carbocycles. The molecule has 3 rings (SSSR count). The topological polar surface area (TPSA) is 46.4 Å². The first-order valence-electron chi connectivity index (χ1n) is 7.38. The summed E-state index contributed by atoms with van der Waals surface area (Å²) in [7, 11) is 0. The number of alkyl halides is 3. The zero-order valence-corrected chi connectivity index (χ0v) is 14.0. The average Bonchev–Trinajstić information content (AvgIpc) is 2.99. The van der Waals surface area contributed by atoms with E-state index in [2.05, 4.69) is 10.3 Å².